The number of rotatable bonds is 5. The van der Waals surface area contributed by atoms with Gasteiger partial charge in [0.05, 0.1) is 4.90 Å². The van der Waals surface area contributed by atoms with Gasteiger partial charge in [-0.3, -0.25) is 4.79 Å². The third kappa shape index (κ3) is 4.51. The van der Waals surface area contributed by atoms with E-state index in [1.165, 1.54) is 16.4 Å². The van der Waals surface area contributed by atoms with Crippen LogP contribution in [0.2, 0.25) is 0 Å². The van der Waals surface area contributed by atoms with Gasteiger partial charge in [0.1, 0.15) is 5.82 Å². The van der Waals surface area contributed by atoms with Gasteiger partial charge in [-0.15, -0.1) is 0 Å². The molecular weight excluding hydrogens is 391 g/mol. The lowest BCUT2D eigenvalue weighted by molar-refractivity contribution is -0.123. The predicted molar refractivity (Wildman–Crippen MR) is 112 cm³/mol. The van der Waals surface area contributed by atoms with Crippen LogP contribution in [0.5, 0.6) is 0 Å². The summed E-state index contributed by atoms with van der Waals surface area (Å²) < 4.78 is 40.7. The zero-order valence-electron chi connectivity index (χ0n) is 17.1. The highest BCUT2D eigenvalue weighted by atomic mass is 32.2. The number of anilines is 1. The van der Waals surface area contributed by atoms with Gasteiger partial charge >= 0.3 is 0 Å². The summed E-state index contributed by atoms with van der Waals surface area (Å²) in [5.41, 5.74) is 2.41. The fourth-order valence-corrected chi connectivity index (χ4v) is 5.55. The van der Waals surface area contributed by atoms with E-state index in [1.807, 2.05) is 19.9 Å². The molecule has 2 aromatic rings. The zero-order chi connectivity index (χ0) is 21.2. The average Bonchev–Trinajstić information content (AvgIpc) is 2.69. The normalized spacial score (nSPS) is 16.0. The molecule has 0 saturated carbocycles. The van der Waals surface area contributed by atoms with Gasteiger partial charge < -0.3 is 4.90 Å². The second-order valence-electron chi connectivity index (χ2n) is 7.51. The van der Waals surface area contributed by atoms with E-state index in [9.17, 15) is 17.6 Å². The number of piperidine rings is 1. The van der Waals surface area contributed by atoms with Crippen molar-refractivity contribution in [3.05, 3.63) is 59.4 Å². The van der Waals surface area contributed by atoms with Crippen LogP contribution in [0.3, 0.4) is 0 Å². The molecule has 7 heteroatoms. The SMILES string of the molecule is CCN(C(=O)C1CCN(S(=O)(=O)c2ccc(C)cc2C)CC1)c1ccc(F)cc1. The number of nitrogens with zero attached hydrogens (tertiary/aromatic N) is 2. The Hall–Kier alpha value is -2.25. The third-order valence-corrected chi connectivity index (χ3v) is 7.53. The Morgan fingerprint density at radius 3 is 2.28 bits per heavy atom. The van der Waals surface area contributed by atoms with Crippen LogP contribution in [0.1, 0.15) is 30.9 Å². The monoisotopic (exact) mass is 418 g/mol. The molecule has 29 heavy (non-hydrogen) atoms. The van der Waals surface area contributed by atoms with Crippen molar-refractivity contribution in [3.63, 3.8) is 0 Å². The molecule has 0 spiro atoms. The van der Waals surface area contributed by atoms with Crippen LogP contribution >= 0.6 is 0 Å². The van der Waals surface area contributed by atoms with Crippen LogP contribution in [-0.2, 0) is 14.8 Å². The molecule has 0 aromatic heterocycles. The van der Waals surface area contributed by atoms with Gasteiger partial charge in [-0.05, 0) is 69.5 Å². The fraction of sp³-hybridized carbons (Fsp3) is 0.409. The van der Waals surface area contributed by atoms with Gasteiger partial charge in [-0.1, -0.05) is 17.7 Å². The standard InChI is InChI=1S/C22H27FN2O3S/c1-4-25(20-8-6-19(23)7-9-20)22(26)18-11-13-24(14-12-18)29(27,28)21-10-5-16(2)15-17(21)3/h5-10,15,18H,4,11-14H2,1-3H3. The first kappa shape index (κ1) is 21.5. The molecule has 1 fully saturated rings. The summed E-state index contributed by atoms with van der Waals surface area (Å²) >= 11 is 0. The molecule has 2 aromatic carbocycles. The number of carbonyl (C=O) groups is 1. The molecule has 156 valence electrons. The molecule has 1 aliphatic heterocycles. The summed E-state index contributed by atoms with van der Waals surface area (Å²) in [5, 5.41) is 0. The summed E-state index contributed by atoms with van der Waals surface area (Å²) in [7, 11) is -3.57. The topological polar surface area (TPSA) is 57.7 Å². The molecule has 1 amide bonds. The van der Waals surface area contributed by atoms with Crippen LogP contribution < -0.4 is 4.90 Å². The van der Waals surface area contributed by atoms with Gasteiger partial charge in [0.2, 0.25) is 15.9 Å². The highest BCUT2D eigenvalue weighted by Crippen LogP contribution is 2.28. The second kappa shape index (κ2) is 8.63. The largest absolute Gasteiger partial charge is 0.312 e. The van der Waals surface area contributed by atoms with Crippen molar-refractivity contribution in [1.82, 2.24) is 4.31 Å². The molecule has 0 atom stereocenters. The van der Waals surface area contributed by atoms with Crippen molar-refractivity contribution in [2.24, 2.45) is 5.92 Å². The number of hydrogen-bond acceptors (Lipinski definition) is 3. The lowest BCUT2D eigenvalue weighted by Crippen LogP contribution is -2.44. The molecule has 0 radical (unpaired) electrons. The predicted octanol–water partition coefficient (Wildman–Crippen LogP) is 3.90. The minimum absolute atomic E-state index is 0.0392. The Kier molecular flexibility index (Phi) is 6.39. The molecule has 0 N–H and O–H groups in total. The van der Waals surface area contributed by atoms with E-state index in [1.54, 1.807) is 36.1 Å². The van der Waals surface area contributed by atoms with Gasteiger partial charge in [0, 0.05) is 31.2 Å². The van der Waals surface area contributed by atoms with Gasteiger partial charge in [-0.25, -0.2) is 12.8 Å². The van der Waals surface area contributed by atoms with Crippen LogP contribution in [0.15, 0.2) is 47.4 Å². The fourth-order valence-electron chi connectivity index (χ4n) is 3.88. The first-order chi connectivity index (χ1) is 13.7. The smallest absolute Gasteiger partial charge is 0.243 e. The molecule has 0 unspecified atom stereocenters. The van der Waals surface area contributed by atoms with E-state index >= 15 is 0 Å². The Balaban J connectivity index is 1.70. The number of sulfonamides is 1. The van der Waals surface area contributed by atoms with Gasteiger partial charge in [-0.2, -0.15) is 4.31 Å². The minimum Gasteiger partial charge on any atom is -0.312 e. The van der Waals surface area contributed by atoms with Crippen molar-refractivity contribution < 1.29 is 17.6 Å². The average molecular weight is 419 g/mol. The highest BCUT2D eigenvalue weighted by Gasteiger charge is 2.34. The number of benzene rings is 2. The van der Waals surface area contributed by atoms with Crippen molar-refractivity contribution in [2.45, 2.75) is 38.5 Å². The lowest BCUT2D eigenvalue weighted by atomic mass is 9.96. The van der Waals surface area contributed by atoms with Crippen molar-refractivity contribution in [1.29, 1.82) is 0 Å². The van der Waals surface area contributed by atoms with Crippen molar-refractivity contribution in [3.8, 4) is 0 Å². The molecular formula is C22H27FN2O3S. The molecule has 1 aliphatic rings. The number of amides is 1. The molecule has 5 nitrogen and oxygen atoms in total. The summed E-state index contributed by atoms with van der Waals surface area (Å²) in [6, 6.07) is 11.2. The van der Waals surface area contributed by atoms with E-state index in [0.29, 0.717) is 43.1 Å². The maximum atomic E-state index is 13.2. The first-order valence-corrected chi connectivity index (χ1v) is 11.3. The van der Waals surface area contributed by atoms with Gasteiger partial charge in [0.25, 0.3) is 0 Å². The van der Waals surface area contributed by atoms with E-state index in [2.05, 4.69) is 0 Å². The van der Waals surface area contributed by atoms with Gasteiger partial charge in [0.15, 0.2) is 0 Å². The Bertz CT molecular complexity index is 982. The number of aryl methyl sites for hydroxylation is 2. The second-order valence-corrected chi connectivity index (χ2v) is 9.41. The number of halogens is 1. The van der Waals surface area contributed by atoms with E-state index in [4.69, 9.17) is 0 Å². The summed E-state index contributed by atoms with van der Waals surface area (Å²) in [4.78, 5) is 15.0. The molecule has 1 saturated heterocycles. The highest BCUT2D eigenvalue weighted by molar-refractivity contribution is 7.89. The van der Waals surface area contributed by atoms with E-state index < -0.39 is 10.0 Å². The molecule has 0 aliphatic carbocycles. The number of hydrogen-bond donors (Lipinski definition) is 0. The van der Waals surface area contributed by atoms with Crippen molar-refractivity contribution in [2.75, 3.05) is 24.5 Å². The summed E-state index contributed by atoms with van der Waals surface area (Å²) in [5.74, 6) is -0.629. The zero-order valence-corrected chi connectivity index (χ0v) is 17.9. The van der Waals surface area contributed by atoms with Crippen LogP contribution in [0.4, 0.5) is 10.1 Å². The minimum atomic E-state index is -3.57. The third-order valence-electron chi connectivity index (χ3n) is 5.47. The van der Waals surface area contributed by atoms with E-state index in [-0.39, 0.29) is 17.6 Å². The van der Waals surface area contributed by atoms with E-state index in [0.717, 1.165) is 11.1 Å². The van der Waals surface area contributed by atoms with Crippen LogP contribution in [-0.4, -0.2) is 38.3 Å². The maximum absolute atomic E-state index is 13.2. The molecule has 3 rings (SSSR count). The number of carbonyl (C=O) groups excluding carboxylic acids is 1. The molecule has 0 bridgehead atoms. The Morgan fingerprint density at radius 1 is 1.10 bits per heavy atom. The first-order valence-electron chi connectivity index (χ1n) is 9.88. The van der Waals surface area contributed by atoms with Crippen molar-refractivity contribution >= 4 is 21.6 Å². The van der Waals surface area contributed by atoms with Crippen LogP contribution in [0, 0.1) is 25.6 Å². The summed E-state index contributed by atoms with van der Waals surface area (Å²) in [6.07, 6.45) is 0.946. The van der Waals surface area contributed by atoms with Crippen LogP contribution in [0.25, 0.3) is 0 Å². The quantitative estimate of drug-likeness (QED) is 0.740. The Labute approximate surface area is 172 Å². The Morgan fingerprint density at radius 2 is 1.72 bits per heavy atom. The maximum Gasteiger partial charge on any atom is 0.243 e. The summed E-state index contributed by atoms with van der Waals surface area (Å²) in [6.45, 7) is 6.71. The lowest BCUT2D eigenvalue weighted by Gasteiger charge is -2.33. The molecule has 1 heterocycles.